The summed E-state index contributed by atoms with van der Waals surface area (Å²) in [5, 5.41) is 0. The number of hydrogen-bond acceptors (Lipinski definition) is 2. The van der Waals surface area contributed by atoms with Crippen molar-refractivity contribution in [2.45, 2.75) is 80.4 Å². The van der Waals surface area contributed by atoms with Gasteiger partial charge >= 0.3 is 5.97 Å². The second-order valence-electron chi connectivity index (χ2n) is 8.99. The fourth-order valence-electron chi connectivity index (χ4n) is 2.52. The normalized spacial score (nSPS) is 16.1. The topological polar surface area (TPSA) is 26.3 Å². The molecule has 0 radical (unpaired) electrons. The highest BCUT2D eigenvalue weighted by molar-refractivity contribution is 6.55. The summed E-state index contributed by atoms with van der Waals surface area (Å²) in [5.74, 6) is -0.0228. The predicted octanol–water partition coefficient (Wildman–Crippen LogP) is 4.90. The smallest absolute Gasteiger partial charge is 0.312 e. The van der Waals surface area contributed by atoms with E-state index in [0.717, 1.165) is 12.8 Å². The molecule has 1 unspecified atom stereocenters. The minimum Gasteiger partial charge on any atom is -0.465 e. The highest BCUT2D eigenvalue weighted by atomic mass is 28.3. The van der Waals surface area contributed by atoms with Gasteiger partial charge in [0.2, 0.25) is 0 Å². The van der Waals surface area contributed by atoms with Gasteiger partial charge in [-0.3, -0.25) is 4.79 Å². The summed E-state index contributed by atoms with van der Waals surface area (Å²) in [7, 11) is -0.535. The van der Waals surface area contributed by atoms with Crippen molar-refractivity contribution < 1.29 is 9.53 Å². The molecule has 0 N–H and O–H groups in total. The van der Waals surface area contributed by atoms with E-state index in [-0.39, 0.29) is 16.8 Å². The van der Waals surface area contributed by atoms with Crippen molar-refractivity contribution in [2.75, 3.05) is 6.61 Å². The summed E-state index contributed by atoms with van der Waals surface area (Å²) in [6, 6.07) is 1.25. The molecule has 0 aliphatic rings. The van der Waals surface area contributed by atoms with Crippen LogP contribution in [0.25, 0.3) is 0 Å². The van der Waals surface area contributed by atoms with Gasteiger partial charge in [-0.05, 0) is 30.6 Å². The van der Waals surface area contributed by atoms with E-state index in [0.29, 0.717) is 6.61 Å². The summed E-state index contributed by atoms with van der Waals surface area (Å²) in [6.07, 6.45) is 1.87. The van der Waals surface area contributed by atoms with E-state index < -0.39 is 14.2 Å². The third-order valence-electron chi connectivity index (χ3n) is 4.15. The molecule has 1 atom stereocenters. The molecule has 0 heterocycles. The maximum Gasteiger partial charge on any atom is 0.312 e. The van der Waals surface area contributed by atoms with Gasteiger partial charge in [0, 0.05) is 8.80 Å². The molecule has 0 spiro atoms. The van der Waals surface area contributed by atoms with Crippen molar-refractivity contribution in [3.8, 4) is 0 Å². The van der Waals surface area contributed by atoms with Gasteiger partial charge in [-0.15, -0.1) is 0 Å². The monoisotopic (exact) mass is 300 g/mol. The number of carbonyl (C=O) groups excluding carboxylic acids is 1. The lowest BCUT2D eigenvalue weighted by Crippen LogP contribution is -2.44. The van der Waals surface area contributed by atoms with Crippen LogP contribution in [0, 0.1) is 16.2 Å². The number of esters is 1. The zero-order valence-corrected chi connectivity index (χ0v) is 16.4. The maximum absolute atomic E-state index is 12.6. The van der Waals surface area contributed by atoms with Crippen molar-refractivity contribution in [1.82, 2.24) is 0 Å². The van der Waals surface area contributed by atoms with Crippen LogP contribution in [0.1, 0.15) is 61.3 Å². The van der Waals surface area contributed by atoms with Crippen LogP contribution < -0.4 is 0 Å². The van der Waals surface area contributed by atoms with E-state index in [1.165, 1.54) is 6.04 Å². The highest BCUT2D eigenvalue weighted by Crippen LogP contribution is 2.47. The van der Waals surface area contributed by atoms with Crippen molar-refractivity contribution in [2.24, 2.45) is 16.2 Å². The Labute approximate surface area is 128 Å². The molecule has 0 rings (SSSR count). The lowest BCUT2D eigenvalue weighted by molar-refractivity contribution is -0.164. The molecule has 120 valence electrons. The molecule has 0 amide bonds. The van der Waals surface area contributed by atoms with Gasteiger partial charge in [0.05, 0.1) is 12.0 Å². The molecule has 0 aromatic rings. The molecule has 0 saturated carbocycles. The standard InChI is InChI=1S/C17H36O2Si/c1-15(2,3)13-17(7,16(4,5)6)14(18)19-11-10-12-20(8)9/h20H,10-13H2,1-9H3. The van der Waals surface area contributed by atoms with Gasteiger partial charge in [0.25, 0.3) is 0 Å². The third kappa shape index (κ3) is 6.42. The fraction of sp³-hybridized carbons (Fsp3) is 0.941. The molecule has 2 nitrogen and oxygen atoms in total. The van der Waals surface area contributed by atoms with Crippen LogP contribution in [0.15, 0.2) is 0 Å². The number of rotatable bonds is 6. The van der Waals surface area contributed by atoms with E-state index >= 15 is 0 Å². The Morgan fingerprint density at radius 2 is 1.50 bits per heavy atom. The Morgan fingerprint density at radius 3 is 1.85 bits per heavy atom. The molecular formula is C17H36O2Si. The van der Waals surface area contributed by atoms with Crippen LogP contribution >= 0.6 is 0 Å². The Morgan fingerprint density at radius 1 is 1.00 bits per heavy atom. The van der Waals surface area contributed by atoms with Gasteiger partial charge in [-0.25, -0.2) is 0 Å². The van der Waals surface area contributed by atoms with E-state index in [4.69, 9.17) is 4.74 Å². The molecule has 0 aliphatic carbocycles. The summed E-state index contributed by atoms with van der Waals surface area (Å²) in [6.45, 7) is 20.3. The minimum atomic E-state index is -0.535. The largest absolute Gasteiger partial charge is 0.465 e. The van der Waals surface area contributed by atoms with Crippen molar-refractivity contribution in [3.63, 3.8) is 0 Å². The first-order valence-electron chi connectivity index (χ1n) is 7.97. The van der Waals surface area contributed by atoms with Gasteiger partial charge in [0.15, 0.2) is 0 Å². The second kappa shape index (κ2) is 7.10. The summed E-state index contributed by atoms with van der Waals surface area (Å²) in [5.41, 5.74) is -0.406. The molecule has 0 saturated heterocycles. The molecular weight excluding hydrogens is 264 g/mol. The zero-order chi connectivity index (χ0) is 16.2. The zero-order valence-electron chi connectivity index (χ0n) is 15.2. The highest BCUT2D eigenvalue weighted by Gasteiger charge is 2.47. The van der Waals surface area contributed by atoms with Crippen molar-refractivity contribution in [3.05, 3.63) is 0 Å². The first-order valence-corrected chi connectivity index (χ1v) is 11.1. The average molecular weight is 301 g/mol. The van der Waals surface area contributed by atoms with E-state index in [9.17, 15) is 4.79 Å². The average Bonchev–Trinajstić information content (AvgIpc) is 2.19. The van der Waals surface area contributed by atoms with E-state index in [2.05, 4.69) is 61.6 Å². The molecule has 0 aromatic heterocycles. The lowest BCUT2D eigenvalue weighted by atomic mass is 9.61. The second-order valence-corrected chi connectivity index (χ2v) is 12.4. The summed E-state index contributed by atoms with van der Waals surface area (Å²) < 4.78 is 5.61. The molecule has 20 heavy (non-hydrogen) atoms. The summed E-state index contributed by atoms with van der Waals surface area (Å²) >= 11 is 0. The van der Waals surface area contributed by atoms with E-state index in [1.54, 1.807) is 0 Å². The van der Waals surface area contributed by atoms with Crippen LogP contribution in [0.4, 0.5) is 0 Å². The minimum absolute atomic E-state index is 0.0228. The molecule has 0 bridgehead atoms. The Kier molecular flexibility index (Phi) is 6.99. The van der Waals surface area contributed by atoms with Crippen LogP contribution in [0.2, 0.25) is 19.1 Å². The number of carbonyl (C=O) groups is 1. The SMILES string of the molecule is C[SiH](C)CCCOC(=O)C(C)(CC(C)(C)C)C(C)(C)C. The quantitative estimate of drug-likeness (QED) is 0.396. The van der Waals surface area contributed by atoms with Gasteiger partial charge in [-0.2, -0.15) is 0 Å². The van der Waals surface area contributed by atoms with Crippen molar-refractivity contribution >= 4 is 14.8 Å². The Bertz CT molecular complexity index is 310. The third-order valence-corrected chi connectivity index (χ3v) is 5.71. The van der Waals surface area contributed by atoms with Crippen molar-refractivity contribution in [1.29, 1.82) is 0 Å². The van der Waals surface area contributed by atoms with Crippen LogP contribution in [0.5, 0.6) is 0 Å². The van der Waals surface area contributed by atoms with Crippen LogP contribution in [0.3, 0.4) is 0 Å². The maximum atomic E-state index is 12.6. The fourth-order valence-corrected chi connectivity index (χ4v) is 3.50. The first kappa shape index (κ1) is 19.7. The van der Waals surface area contributed by atoms with E-state index in [1.807, 2.05) is 0 Å². The first-order chi connectivity index (χ1) is 8.79. The van der Waals surface area contributed by atoms with Crippen LogP contribution in [-0.2, 0) is 9.53 Å². The molecule has 0 fully saturated rings. The number of ether oxygens (including phenoxy) is 1. The van der Waals surface area contributed by atoms with Crippen LogP contribution in [-0.4, -0.2) is 21.4 Å². The van der Waals surface area contributed by atoms with Gasteiger partial charge in [0.1, 0.15) is 0 Å². The Balaban J connectivity index is 4.76. The molecule has 0 aliphatic heterocycles. The van der Waals surface area contributed by atoms with Gasteiger partial charge in [-0.1, -0.05) is 60.7 Å². The summed E-state index contributed by atoms with van der Waals surface area (Å²) in [4.78, 5) is 12.6. The molecule has 3 heteroatoms. The van der Waals surface area contributed by atoms with Gasteiger partial charge < -0.3 is 4.74 Å². The Hall–Kier alpha value is -0.313. The lowest BCUT2D eigenvalue weighted by Gasteiger charge is -2.43. The molecule has 0 aromatic carbocycles. The predicted molar refractivity (Wildman–Crippen MR) is 90.9 cm³/mol. The number of hydrogen-bond donors (Lipinski definition) is 0.